The largest absolute Gasteiger partial charge is 0.102 e. The van der Waals surface area contributed by atoms with E-state index in [9.17, 15) is 0 Å². The SMILES string of the molecule is [CH2]C=CC(C=C)C(C=CCCCC)CCC. The van der Waals surface area contributed by atoms with Crippen LogP contribution < -0.4 is 0 Å². The third-order valence-electron chi connectivity index (χ3n) is 2.85. The van der Waals surface area contributed by atoms with Crippen LogP contribution in [-0.2, 0) is 0 Å². The topological polar surface area (TPSA) is 0 Å². The van der Waals surface area contributed by atoms with Gasteiger partial charge in [-0.1, -0.05) is 63.5 Å². The van der Waals surface area contributed by atoms with Gasteiger partial charge < -0.3 is 0 Å². The maximum Gasteiger partial charge on any atom is 0.000669 e. The molecule has 0 heteroatoms. The maximum absolute atomic E-state index is 3.91. The van der Waals surface area contributed by atoms with E-state index in [2.05, 4.69) is 45.6 Å². The molecule has 0 saturated heterocycles. The zero-order chi connectivity index (χ0) is 12.2. The molecule has 0 spiro atoms. The molecule has 1 radical (unpaired) electrons. The molecular formula is C16H27. The van der Waals surface area contributed by atoms with E-state index in [0.717, 1.165) is 0 Å². The molecule has 0 aromatic carbocycles. The summed E-state index contributed by atoms with van der Waals surface area (Å²) in [6.45, 7) is 12.2. The molecule has 0 bridgehead atoms. The van der Waals surface area contributed by atoms with Crippen molar-refractivity contribution in [3.63, 3.8) is 0 Å². The summed E-state index contributed by atoms with van der Waals surface area (Å²) in [4.78, 5) is 0. The first-order valence-electron chi connectivity index (χ1n) is 6.55. The highest BCUT2D eigenvalue weighted by Crippen LogP contribution is 2.22. The molecule has 0 aliphatic heterocycles. The molecule has 2 atom stereocenters. The first-order valence-corrected chi connectivity index (χ1v) is 6.55. The average molecular weight is 219 g/mol. The molecule has 16 heavy (non-hydrogen) atoms. The number of rotatable bonds is 9. The molecule has 0 rings (SSSR count). The van der Waals surface area contributed by atoms with Crippen molar-refractivity contribution in [3.05, 3.63) is 43.9 Å². The van der Waals surface area contributed by atoms with Crippen molar-refractivity contribution in [3.8, 4) is 0 Å². The summed E-state index contributed by atoms with van der Waals surface area (Å²) in [7, 11) is 0. The molecule has 0 fully saturated rings. The minimum Gasteiger partial charge on any atom is -0.102 e. The quantitative estimate of drug-likeness (QED) is 0.362. The van der Waals surface area contributed by atoms with Crippen molar-refractivity contribution >= 4 is 0 Å². The Bertz CT molecular complexity index is 210. The maximum atomic E-state index is 3.91. The first-order chi connectivity index (χ1) is 7.79. The van der Waals surface area contributed by atoms with E-state index < -0.39 is 0 Å². The molecule has 91 valence electrons. The molecule has 0 saturated carbocycles. The zero-order valence-electron chi connectivity index (χ0n) is 11.0. The molecule has 2 unspecified atom stereocenters. The van der Waals surface area contributed by atoms with Crippen LogP contribution in [0.15, 0.2) is 37.0 Å². The lowest BCUT2D eigenvalue weighted by Gasteiger charge is -2.17. The van der Waals surface area contributed by atoms with Gasteiger partial charge in [0.15, 0.2) is 0 Å². The second kappa shape index (κ2) is 10.7. The molecule has 0 nitrogen and oxygen atoms in total. The molecule has 0 aliphatic rings. The lowest BCUT2D eigenvalue weighted by molar-refractivity contribution is 0.505. The third-order valence-corrected chi connectivity index (χ3v) is 2.85. The highest BCUT2D eigenvalue weighted by Gasteiger charge is 2.11. The van der Waals surface area contributed by atoms with Crippen LogP contribution in [0.2, 0.25) is 0 Å². The number of allylic oxidation sites excluding steroid dienone is 5. The number of hydrogen-bond donors (Lipinski definition) is 0. The van der Waals surface area contributed by atoms with E-state index in [-0.39, 0.29) is 0 Å². The van der Waals surface area contributed by atoms with E-state index in [1.54, 1.807) is 0 Å². The van der Waals surface area contributed by atoms with Gasteiger partial charge in [0.25, 0.3) is 0 Å². The average Bonchev–Trinajstić information content (AvgIpc) is 2.30. The minimum absolute atomic E-state index is 0.440. The summed E-state index contributed by atoms with van der Waals surface area (Å²) in [5.74, 6) is 1.03. The monoisotopic (exact) mass is 219 g/mol. The van der Waals surface area contributed by atoms with Crippen LogP contribution in [0.1, 0.15) is 46.0 Å². The summed E-state index contributed by atoms with van der Waals surface area (Å²) in [6.07, 6.45) is 17.0. The lowest BCUT2D eigenvalue weighted by atomic mass is 9.87. The Hall–Kier alpha value is -0.780. The van der Waals surface area contributed by atoms with Crippen LogP contribution in [-0.4, -0.2) is 0 Å². The summed E-state index contributed by atoms with van der Waals surface area (Å²) in [5.41, 5.74) is 0. The molecule has 0 amide bonds. The smallest absolute Gasteiger partial charge is 0.000669 e. The van der Waals surface area contributed by atoms with Gasteiger partial charge in [0, 0.05) is 5.92 Å². The van der Waals surface area contributed by atoms with Crippen LogP contribution in [0.3, 0.4) is 0 Å². The number of hydrogen-bond acceptors (Lipinski definition) is 0. The van der Waals surface area contributed by atoms with Crippen molar-refractivity contribution in [2.75, 3.05) is 0 Å². The summed E-state index contributed by atoms with van der Waals surface area (Å²) < 4.78 is 0. The van der Waals surface area contributed by atoms with Crippen LogP contribution in [0.5, 0.6) is 0 Å². The Kier molecular flexibility index (Phi) is 10.2. The van der Waals surface area contributed by atoms with Crippen molar-refractivity contribution in [1.29, 1.82) is 0 Å². The molecule has 0 N–H and O–H groups in total. The fourth-order valence-corrected chi connectivity index (χ4v) is 1.90. The standard InChI is InChI=1S/C16H27/c1-5-9-10-11-14-16(13-7-3)15(8-4)12-6-2/h6,8,11-12,14-16H,2,4-5,7,9-10,13H2,1,3H3. The van der Waals surface area contributed by atoms with E-state index >= 15 is 0 Å². The Morgan fingerprint density at radius 2 is 1.88 bits per heavy atom. The van der Waals surface area contributed by atoms with Gasteiger partial charge in [-0.2, -0.15) is 0 Å². The lowest BCUT2D eigenvalue weighted by Crippen LogP contribution is -2.07. The van der Waals surface area contributed by atoms with Gasteiger partial charge in [0.05, 0.1) is 0 Å². The highest BCUT2D eigenvalue weighted by atomic mass is 14.2. The Labute approximate surface area is 102 Å². The molecule has 0 aromatic rings. The number of unbranched alkanes of at least 4 members (excludes halogenated alkanes) is 2. The predicted octanol–water partition coefficient (Wildman–Crippen LogP) is 5.34. The van der Waals surface area contributed by atoms with E-state index in [1.807, 2.05) is 12.2 Å². The third kappa shape index (κ3) is 6.66. The molecule has 0 aromatic heterocycles. The minimum atomic E-state index is 0.440. The van der Waals surface area contributed by atoms with E-state index in [0.29, 0.717) is 11.8 Å². The van der Waals surface area contributed by atoms with Crippen molar-refractivity contribution < 1.29 is 0 Å². The Morgan fingerprint density at radius 1 is 1.12 bits per heavy atom. The van der Waals surface area contributed by atoms with Gasteiger partial charge >= 0.3 is 0 Å². The second-order valence-electron chi connectivity index (χ2n) is 4.26. The molecule has 0 aliphatic carbocycles. The zero-order valence-corrected chi connectivity index (χ0v) is 11.0. The van der Waals surface area contributed by atoms with Crippen LogP contribution in [0.25, 0.3) is 0 Å². The predicted molar refractivity (Wildman–Crippen MR) is 75.2 cm³/mol. The van der Waals surface area contributed by atoms with Crippen LogP contribution in [0, 0.1) is 18.8 Å². The van der Waals surface area contributed by atoms with Gasteiger partial charge in [0.2, 0.25) is 0 Å². The van der Waals surface area contributed by atoms with Crippen molar-refractivity contribution in [1.82, 2.24) is 0 Å². The van der Waals surface area contributed by atoms with Crippen molar-refractivity contribution in [2.45, 2.75) is 46.0 Å². The highest BCUT2D eigenvalue weighted by molar-refractivity contribution is 5.06. The fraction of sp³-hybridized carbons (Fsp3) is 0.562. The van der Waals surface area contributed by atoms with Gasteiger partial charge in [-0.05, 0) is 25.7 Å². The normalized spacial score (nSPS) is 15.7. The Morgan fingerprint density at radius 3 is 2.38 bits per heavy atom. The fourth-order valence-electron chi connectivity index (χ4n) is 1.90. The first kappa shape index (κ1) is 15.2. The molecular weight excluding hydrogens is 192 g/mol. The van der Waals surface area contributed by atoms with Crippen molar-refractivity contribution in [2.24, 2.45) is 11.8 Å². The van der Waals surface area contributed by atoms with E-state index in [1.165, 1.54) is 32.1 Å². The van der Waals surface area contributed by atoms with Gasteiger partial charge in [-0.15, -0.1) is 6.58 Å². The summed E-state index contributed by atoms with van der Waals surface area (Å²) in [5, 5.41) is 0. The molecule has 0 heterocycles. The van der Waals surface area contributed by atoms with Crippen LogP contribution in [0.4, 0.5) is 0 Å². The summed E-state index contributed by atoms with van der Waals surface area (Å²) in [6, 6.07) is 0. The summed E-state index contributed by atoms with van der Waals surface area (Å²) >= 11 is 0. The van der Waals surface area contributed by atoms with Gasteiger partial charge in [-0.25, -0.2) is 0 Å². The van der Waals surface area contributed by atoms with Crippen LogP contribution >= 0.6 is 0 Å². The van der Waals surface area contributed by atoms with E-state index in [4.69, 9.17) is 0 Å². The van der Waals surface area contributed by atoms with Gasteiger partial charge in [-0.3, -0.25) is 0 Å². The van der Waals surface area contributed by atoms with Gasteiger partial charge in [0.1, 0.15) is 0 Å². The Balaban J connectivity index is 4.32. The second-order valence-corrected chi connectivity index (χ2v) is 4.26.